The quantitative estimate of drug-likeness (QED) is 0.518. The number of urea groups is 1. The highest BCUT2D eigenvalue weighted by Gasteiger charge is 2.40. The molecule has 3 aromatic carbocycles. The first-order valence-corrected chi connectivity index (χ1v) is 10.6. The van der Waals surface area contributed by atoms with E-state index in [2.05, 4.69) is 10.6 Å². The largest absolute Gasteiger partial charge is 0.493 e. The summed E-state index contributed by atoms with van der Waals surface area (Å²) in [5, 5.41) is 7.16. The SMILES string of the molecule is COc1ccc(CCNC(=O)C[C@H]2NC(=O)N(c3cccc4ccccc34)C2=O)cc1OC. The van der Waals surface area contributed by atoms with Crippen molar-refractivity contribution >= 4 is 34.3 Å². The van der Waals surface area contributed by atoms with E-state index in [0.29, 0.717) is 30.2 Å². The summed E-state index contributed by atoms with van der Waals surface area (Å²) in [5.41, 5.74) is 1.48. The standard InChI is InChI=1S/C25H25N3O5/c1-32-21-11-10-16(14-22(21)33-2)12-13-26-23(29)15-19-24(30)28(25(31)27-19)20-9-5-7-17-6-3-4-8-18(17)20/h3-11,14,19H,12-13,15H2,1-2H3,(H,26,29)(H,27,31)/t19-/m1/s1. The van der Waals surface area contributed by atoms with Crippen LogP contribution >= 0.6 is 0 Å². The van der Waals surface area contributed by atoms with Gasteiger partial charge in [-0.3, -0.25) is 9.59 Å². The highest BCUT2D eigenvalue weighted by Crippen LogP contribution is 2.30. The third-order valence-electron chi connectivity index (χ3n) is 5.60. The lowest BCUT2D eigenvalue weighted by Gasteiger charge is -2.15. The van der Waals surface area contributed by atoms with Crippen molar-refractivity contribution in [2.24, 2.45) is 0 Å². The van der Waals surface area contributed by atoms with E-state index in [9.17, 15) is 14.4 Å². The zero-order chi connectivity index (χ0) is 23.4. The van der Waals surface area contributed by atoms with Gasteiger partial charge < -0.3 is 20.1 Å². The third kappa shape index (κ3) is 4.59. The van der Waals surface area contributed by atoms with Crippen molar-refractivity contribution in [3.05, 3.63) is 66.2 Å². The molecule has 1 aliphatic rings. The summed E-state index contributed by atoms with van der Waals surface area (Å²) in [6.45, 7) is 0.385. The van der Waals surface area contributed by atoms with Gasteiger partial charge in [0.25, 0.3) is 5.91 Å². The zero-order valence-electron chi connectivity index (χ0n) is 18.5. The predicted octanol–water partition coefficient (Wildman–Crippen LogP) is 3.03. The molecule has 33 heavy (non-hydrogen) atoms. The highest BCUT2D eigenvalue weighted by molar-refractivity contribution is 6.24. The maximum absolute atomic E-state index is 13.0. The van der Waals surface area contributed by atoms with Crippen molar-refractivity contribution in [1.82, 2.24) is 10.6 Å². The minimum absolute atomic E-state index is 0.127. The Morgan fingerprint density at radius 2 is 1.76 bits per heavy atom. The maximum Gasteiger partial charge on any atom is 0.329 e. The van der Waals surface area contributed by atoms with Crippen molar-refractivity contribution in [1.29, 1.82) is 0 Å². The van der Waals surface area contributed by atoms with Gasteiger partial charge in [-0.15, -0.1) is 0 Å². The van der Waals surface area contributed by atoms with Gasteiger partial charge in [0.05, 0.1) is 26.3 Å². The number of anilines is 1. The van der Waals surface area contributed by atoms with Gasteiger partial charge in [-0.1, -0.05) is 42.5 Å². The monoisotopic (exact) mass is 447 g/mol. The zero-order valence-corrected chi connectivity index (χ0v) is 18.5. The third-order valence-corrected chi connectivity index (χ3v) is 5.60. The Morgan fingerprint density at radius 1 is 1.00 bits per heavy atom. The van der Waals surface area contributed by atoms with E-state index in [0.717, 1.165) is 21.2 Å². The number of benzene rings is 3. The molecule has 1 atom stereocenters. The number of methoxy groups -OCH3 is 2. The van der Waals surface area contributed by atoms with Crippen molar-refractivity contribution in [2.75, 3.05) is 25.7 Å². The van der Waals surface area contributed by atoms with Crippen LogP contribution in [0.25, 0.3) is 10.8 Å². The Bertz CT molecular complexity index is 1200. The molecule has 170 valence electrons. The molecule has 0 unspecified atom stereocenters. The molecule has 4 amide bonds. The fourth-order valence-electron chi connectivity index (χ4n) is 3.94. The van der Waals surface area contributed by atoms with Crippen molar-refractivity contribution in [3.63, 3.8) is 0 Å². The molecule has 2 N–H and O–H groups in total. The molecule has 0 aliphatic carbocycles. The first-order chi connectivity index (χ1) is 16.0. The van der Waals surface area contributed by atoms with Gasteiger partial charge >= 0.3 is 6.03 Å². The Morgan fingerprint density at radius 3 is 2.55 bits per heavy atom. The number of carbonyl (C=O) groups excluding carboxylic acids is 3. The van der Waals surface area contributed by atoms with E-state index in [1.807, 2.05) is 48.5 Å². The minimum atomic E-state index is -0.905. The molecule has 4 rings (SSSR count). The van der Waals surface area contributed by atoms with Crippen LogP contribution in [0.2, 0.25) is 0 Å². The van der Waals surface area contributed by atoms with Crippen LogP contribution in [0.4, 0.5) is 10.5 Å². The molecule has 1 heterocycles. The molecule has 1 aliphatic heterocycles. The van der Waals surface area contributed by atoms with Gasteiger partial charge in [-0.2, -0.15) is 0 Å². The second-order valence-electron chi connectivity index (χ2n) is 7.67. The van der Waals surface area contributed by atoms with Gasteiger partial charge in [0.15, 0.2) is 11.5 Å². The summed E-state index contributed by atoms with van der Waals surface area (Å²) in [4.78, 5) is 39.1. The second kappa shape index (κ2) is 9.60. The lowest BCUT2D eigenvalue weighted by Crippen LogP contribution is -2.37. The van der Waals surface area contributed by atoms with E-state index in [-0.39, 0.29) is 12.3 Å². The number of hydrogen-bond acceptors (Lipinski definition) is 5. The van der Waals surface area contributed by atoms with Crippen LogP contribution in [0.15, 0.2) is 60.7 Å². The van der Waals surface area contributed by atoms with Crippen LogP contribution in [0.3, 0.4) is 0 Å². The lowest BCUT2D eigenvalue weighted by atomic mass is 10.1. The predicted molar refractivity (Wildman–Crippen MR) is 125 cm³/mol. The summed E-state index contributed by atoms with van der Waals surface area (Å²) in [6, 6.07) is 17.1. The van der Waals surface area contributed by atoms with Gasteiger partial charge in [-0.25, -0.2) is 9.69 Å². The van der Waals surface area contributed by atoms with Crippen LogP contribution in [-0.4, -0.2) is 44.7 Å². The molecular formula is C25H25N3O5. The molecule has 1 saturated heterocycles. The fraction of sp³-hybridized carbons (Fsp3) is 0.240. The molecule has 0 saturated carbocycles. The highest BCUT2D eigenvalue weighted by atomic mass is 16.5. The average molecular weight is 447 g/mol. The van der Waals surface area contributed by atoms with Crippen molar-refractivity contribution < 1.29 is 23.9 Å². The Hall–Kier alpha value is -4.07. The van der Waals surface area contributed by atoms with Crippen molar-refractivity contribution in [2.45, 2.75) is 18.9 Å². The maximum atomic E-state index is 13.0. The fourth-order valence-corrected chi connectivity index (χ4v) is 3.94. The molecular weight excluding hydrogens is 422 g/mol. The number of ether oxygens (including phenoxy) is 2. The molecule has 0 bridgehead atoms. The van der Waals surface area contributed by atoms with E-state index in [4.69, 9.17) is 9.47 Å². The van der Waals surface area contributed by atoms with Crippen LogP contribution in [0.5, 0.6) is 11.5 Å². The molecule has 0 spiro atoms. The summed E-state index contributed by atoms with van der Waals surface area (Å²) in [7, 11) is 3.14. The number of amides is 4. The molecule has 8 nitrogen and oxygen atoms in total. The molecule has 0 radical (unpaired) electrons. The van der Waals surface area contributed by atoms with Crippen LogP contribution < -0.4 is 25.0 Å². The minimum Gasteiger partial charge on any atom is -0.493 e. The Kier molecular flexibility index (Phi) is 6.44. The first kappa shape index (κ1) is 22.1. The van der Waals surface area contributed by atoms with E-state index < -0.39 is 18.0 Å². The molecule has 1 fully saturated rings. The Labute approximate surface area is 191 Å². The topological polar surface area (TPSA) is 97.0 Å². The van der Waals surface area contributed by atoms with E-state index in [1.54, 1.807) is 26.4 Å². The molecule has 3 aromatic rings. The van der Waals surface area contributed by atoms with Gasteiger partial charge in [0.1, 0.15) is 6.04 Å². The van der Waals surface area contributed by atoms with E-state index in [1.165, 1.54) is 0 Å². The van der Waals surface area contributed by atoms with Crippen LogP contribution in [0, 0.1) is 0 Å². The number of carbonyl (C=O) groups is 3. The van der Waals surface area contributed by atoms with Crippen LogP contribution in [-0.2, 0) is 16.0 Å². The normalized spacial score (nSPS) is 15.5. The molecule has 8 heteroatoms. The number of nitrogens with zero attached hydrogens (tertiary/aromatic N) is 1. The van der Waals surface area contributed by atoms with Gasteiger partial charge in [-0.05, 0) is 35.6 Å². The summed E-state index contributed by atoms with van der Waals surface area (Å²) >= 11 is 0. The van der Waals surface area contributed by atoms with Gasteiger partial charge in [0, 0.05) is 11.9 Å². The van der Waals surface area contributed by atoms with Crippen LogP contribution in [0.1, 0.15) is 12.0 Å². The second-order valence-corrected chi connectivity index (χ2v) is 7.67. The van der Waals surface area contributed by atoms with Crippen molar-refractivity contribution in [3.8, 4) is 11.5 Å². The first-order valence-electron chi connectivity index (χ1n) is 10.6. The lowest BCUT2D eigenvalue weighted by molar-refractivity contribution is -0.125. The number of hydrogen-bond donors (Lipinski definition) is 2. The smallest absolute Gasteiger partial charge is 0.329 e. The number of rotatable bonds is 8. The summed E-state index contributed by atoms with van der Waals surface area (Å²) in [6.07, 6.45) is 0.455. The number of nitrogens with one attached hydrogen (secondary N) is 2. The Balaban J connectivity index is 1.36. The summed E-state index contributed by atoms with van der Waals surface area (Å²) < 4.78 is 10.5. The number of imide groups is 1. The average Bonchev–Trinajstić information content (AvgIpc) is 3.10. The molecule has 0 aromatic heterocycles. The van der Waals surface area contributed by atoms with E-state index >= 15 is 0 Å². The number of fused-ring (bicyclic) bond motifs is 1. The van der Waals surface area contributed by atoms with Gasteiger partial charge in [0.2, 0.25) is 5.91 Å². The summed E-state index contributed by atoms with van der Waals surface area (Å²) in [5.74, 6) is 0.505.